The number of hydrogen-bond donors (Lipinski definition) is 4. The SMILES string of the molecule is CC(C)(NCc1cc(Cl)c(OCc2cccc(-c3cccc(-c4ccc(OCCNCCO)cc4)c3Cl)c2Cl)nc1OCc1cncc(S(C)(=O)=O)c1)C(=O)O. The summed E-state index contributed by atoms with van der Waals surface area (Å²) in [5.74, 6) is -0.238. The first kappa shape index (κ1) is 42.7. The zero-order valence-corrected chi connectivity index (χ0v) is 33.9. The molecule has 2 aromatic heterocycles. The van der Waals surface area contributed by atoms with Crippen molar-refractivity contribution in [3.63, 3.8) is 0 Å². The fourth-order valence-corrected chi connectivity index (χ4v) is 6.79. The van der Waals surface area contributed by atoms with Gasteiger partial charge in [0.25, 0.3) is 0 Å². The molecule has 0 aliphatic carbocycles. The van der Waals surface area contributed by atoms with Gasteiger partial charge in [-0.2, -0.15) is 4.98 Å². The Morgan fingerprint density at radius 3 is 2.20 bits per heavy atom. The average Bonchev–Trinajstić information content (AvgIpc) is 3.17. The van der Waals surface area contributed by atoms with E-state index in [-0.39, 0.29) is 48.0 Å². The maximum atomic E-state index is 12.1. The molecule has 5 aromatic rings. The quantitative estimate of drug-likeness (QED) is 0.0616. The number of carbonyl (C=O) groups is 1. The van der Waals surface area contributed by atoms with Crippen LogP contribution < -0.4 is 24.8 Å². The van der Waals surface area contributed by atoms with Crippen LogP contribution in [-0.2, 0) is 34.4 Å². The Kier molecular flexibility index (Phi) is 14.6. The van der Waals surface area contributed by atoms with Gasteiger partial charge in [0, 0.05) is 71.7 Å². The van der Waals surface area contributed by atoms with Gasteiger partial charge >= 0.3 is 5.97 Å². The summed E-state index contributed by atoms with van der Waals surface area (Å²) in [6, 6.07) is 21.8. The van der Waals surface area contributed by atoms with E-state index in [1.807, 2.05) is 54.6 Å². The zero-order valence-electron chi connectivity index (χ0n) is 30.8. The second-order valence-corrected chi connectivity index (χ2v) is 16.4. The lowest BCUT2D eigenvalue weighted by atomic mass is 9.97. The molecule has 0 atom stereocenters. The number of nitrogens with one attached hydrogen (secondary N) is 2. The summed E-state index contributed by atoms with van der Waals surface area (Å²) >= 11 is 20.7. The smallest absolute Gasteiger partial charge is 0.323 e. The molecule has 5 rings (SSSR count). The van der Waals surface area contributed by atoms with Crippen molar-refractivity contribution in [1.29, 1.82) is 0 Å². The summed E-state index contributed by atoms with van der Waals surface area (Å²) in [7, 11) is -3.51. The van der Waals surface area contributed by atoms with Crippen LogP contribution >= 0.6 is 34.8 Å². The van der Waals surface area contributed by atoms with E-state index in [4.69, 9.17) is 54.1 Å². The molecule has 0 unspecified atom stereocenters. The van der Waals surface area contributed by atoms with Crippen molar-refractivity contribution in [2.45, 2.75) is 44.0 Å². The Morgan fingerprint density at radius 2 is 1.50 bits per heavy atom. The Morgan fingerprint density at radius 1 is 0.821 bits per heavy atom. The van der Waals surface area contributed by atoms with Crippen LogP contribution in [0.25, 0.3) is 22.3 Å². The number of hydrogen-bond acceptors (Lipinski definition) is 11. The molecule has 0 saturated carbocycles. The highest BCUT2D eigenvalue weighted by Crippen LogP contribution is 2.41. The van der Waals surface area contributed by atoms with Gasteiger partial charge < -0.3 is 29.7 Å². The number of halogens is 3. The highest BCUT2D eigenvalue weighted by Gasteiger charge is 2.27. The van der Waals surface area contributed by atoms with Gasteiger partial charge in [0.15, 0.2) is 9.84 Å². The van der Waals surface area contributed by atoms with Gasteiger partial charge in [0.1, 0.15) is 36.1 Å². The van der Waals surface area contributed by atoms with Crippen LogP contribution in [0.1, 0.15) is 30.5 Å². The molecule has 4 N–H and O–H groups in total. The van der Waals surface area contributed by atoms with E-state index in [0.717, 1.165) is 17.4 Å². The molecule has 296 valence electrons. The molecule has 0 aliphatic heterocycles. The molecule has 0 fully saturated rings. The van der Waals surface area contributed by atoms with E-state index >= 15 is 0 Å². The van der Waals surface area contributed by atoms with Crippen LogP contribution in [0.5, 0.6) is 17.5 Å². The first-order chi connectivity index (χ1) is 26.7. The highest BCUT2D eigenvalue weighted by molar-refractivity contribution is 7.90. The number of aliphatic carboxylic acids is 1. The maximum Gasteiger partial charge on any atom is 0.323 e. The number of ether oxygens (including phenoxy) is 3. The molecule has 0 bridgehead atoms. The molecule has 12 nitrogen and oxygen atoms in total. The highest BCUT2D eigenvalue weighted by atomic mass is 35.5. The van der Waals surface area contributed by atoms with E-state index < -0.39 is 21.3 Å². The lowest BCUT2D eigenvalue weighted by Gasteiger charge is -2.22. The number of sulfone groups is 1. The molecule has 0 saturated heterocycles. The molecule has 0 spiro atoms. The molecule has 16 heteroatoms. The molecule has 0 aliphatic rings. The molecule has 0 amide bonds. The van der Waals surface area contributed by atoms with Crippen LogP contribution in [0.3, 0.4) is 0 Å². The number of aliphatic hydroxyl groups excluding tert-OH is 1. The summed E-state index contributed by atoms with van der Waals surface area (Å²) in [5.41, 5.74) is 3.34. The van der Waals surface area contributed by atoms with Gasteiger partial charge in [-0.15, -0.1) is 0 Å². The second kappa shape index (κ2) is 19.1. The number of carboxylic acid groups (broad SMARTS) is 1. The molecule has 56 heavy (non-hydrogen) atoms. The first-order valence-corrected chi connectivity index (χ1v) is 20.4. The van der Waals surface area contributed by atoms with Gasteiger partial charge in [0.05, 0.1) is 21.5 Å². The van der Waals surface area contributed by atoms with Gasteiger partial charge in [-0.25, -0.2) is 8.42 Å². The number of nitrogens with zero attached hydrogens (tertiary/aromatic N) is 2. The van der Waals surface area contributed by atoms with Crippen LogP contribution in [0, 0.1) is 0 Å². The monoisotopic (exact) mass is 842 g/mol. The van der Waals surface area contributed by atoms with E-state index in [2.05, 4.69) is 20.6 Å². The Labute approximate surface area is 340 Å². The molecule has 3 aromatic carbocycles. The minimum atomic E-state index is -3.51. The minimum absolute atomic E-state index is 0.0265. The predicted molar refractivity (Wildman–Crippen MR) is 217 cm³/mol. The molecular formula is C40H41Cl3N4O8S. The molecule has 0 radical (unpaired) electrons. The van der Waals surface area contributed by atoms with Crippen LogP contribution in [0.4, 0.5) is 0 Å². The summed E-state index contributed by atoms with van der Waals surface area (Å²) in [6.45, 7) is 4.58. The fourth-order valence-electron chi connectivity index (χ4n) is 5.32. The predicted octanol–water partition coefficient (Wildman–Crippen LogP) is 7.25. The first-order valence-electron chi connectivity index (χ1n) is 17.4. The van der Waals surface area contributed by atoms with Crippen molar-refractivity contribution in [3.8, 4) is 39.8 Å². The number of carboxylic acids is 1. The van der Waals surface area contributed by atoms with Crippen molar-refractivity contribution in [2.75, 3.05) is 32.6 Å². The number of aromatic nitrogens is 2. The number of pyridine rings is 2. The van der Waals surface area contributed by atoms with Crippen LogP contribution in [0.2, 0.25) is 15.1 Å². The Hall–Kier alpha value is -4.47. The van der Waals surface area contributed by atoms with Crippen LogP contribution in [-0.4, -0.2) is 72.7 Å². The summed E-state index contributed by atoms with van der Waals surface area (Å²) < 4.78 is 42.1. The standard InChI is InChI=1S/C40H41Cl3N4O8S/c1-40(2,39(49)50)46-21-28-19-34(41)38(47-37(28)54-23-25-18-30(22-45-20-25)56(3,51)52)55-24-27-6-4-8-32(35(27)42)33-9-5-7-31(36(33)43)26-10-12-29(13-11-26)53-17-15-44-14-16-48/h4-13,18-20,22,44,46,48H,14-17,21,23-24H2,1-3H3,(H,49,50). The van der Waals surface area contributed by atoms with Crippen molar-refractivity contribution >= 4 is 50.6 Å². The van der Waals surface area contributed by atoms with E-state index in [1.165, 1.54) is 32.3 Å². The van der Waals surface area contributed by atoms with Gasteiger partial charge in [-0.05, 0) is 43.7 Å². The van der Waals surface area contributed by atoms with Crippen molar-refractivity contribution in [3.05, 3.63) is 117 Å². The summed E-state index contributed by atoms with van der Waals surface area (Å²) in [5, 5.41) is 25.6. The van der Waals surface area contributed by atoms with E-state index in [0.29, 0.717) is 63.3 Å². The van der Waals surface area contributed by atoms with Gasteiger partial charge in [-0.1, -0.05) is 83.3 Å². The molecular weight excluding hydrogens is 803 g/mol. The average molecular weight is 844 g/mol. The van der Waals surface area contributed by atoms with Crippen molar-refractivity contribution < 1.29 is 37.6 Å². The van der Waals surface area contributed by atoms with E-state index in [1.54, 1.807) is 12.1 Å². The third kappa shape index (κ3) is 11.1. The van der Waals surface area contributed by atoms with Gasteiger partial charge in [0.2, 0.25) is 11.8 Å². The lowest BCUT2D eigenvalue weighted by molar-refractivity contribution is -0.143. The number of rotatable bonds is 19. The second-order valence-electron chi connectivity index (χ2n) is 13.2. The lowest BCUT2D eigenvalue weighted by Crippen LogP contribution is -2.46. The molecule has 2 heterocycles. The van der Waals surface area contributed by atoms with E-state index in [9.17, 15) is 18.3 Å². The minimum Gasteiger partial charge on any atom is -0.492 e. The maximum absolute atomic E-state index is 12.1. The summed E-state index contributed by atoms with van der Waals surface area (Å²) in [6.07, 6.45) is 3.80. The largest absolute Gasteiger partial charge is 0.492 e. The van der Waals surface area contributed by atoms with Crippen molar-refractivity contribution in [1.82, 2.24) is 20.6 Å². The number of benzene rings is 3. The van der Waals surface area contributed by atoms with Crippen molar-refractivity contribution in [2.24, 2.45) is 0 Å². The van der Waals surface area contributed by atoms with Gasteiger partial charge in [-0.3, -0.25) is 15.1 Å². The number of aliphatic hydroxyl groups is 1. The fraction of sp³-hybridized carbons (Fsp3) is 0.275. The third-order valence-electron chi connectivity index (χ3n) is 8.55. The Bertz CT molecular complexity index is 2280. The normalized spacial score (nSPS) is 11.7. The van der Waals surface area contributed by atoms with Crippen LogP contribution in [0.15, 0.2) is 90.1 Å². The Balaban J connectivity index is 1.36. The zero-order chi connectivity index (χ0) is 40.5. The third-order valence-corrected chi connectivity index (χ3v) is 10.7. The summed E-state index contributed by atoms with van der Waals surface area (Å²) in [4.78, 5) is 20.3. The topological polar surface area (TPSA) is 169 Å².